The zero-order valence-electron chi connectivity index (χ0n) is 10.5. The SMILES string of the molecule is CC(C)(C)N1CCC(OC(F)(F)F)C1(C)C. The van der Waals surface area contributed by atoms with Gasteiger partial charge in [0.05, 0.1) is 6.10 Å². The van der Waals surface area contributed by atoms with E-state index in [4.69, 9.17) is 0 Å². The van der Waals surface area contributed by atoms with E-state index >= 15 is 0 Å². The molecule has 0 bridgehead atoms. The molecule has 1 heterocycles. The lowest BCUT2D eigenvalue weighted by atomic mass is 9.94. The summed E-state index contributed by atoms with van der Waals surface area (Å²) in [5.41, 5.74) is -0.735. The summed E-state index contributed by atoms with van der Waals surface area (Å²) in [6.07, 6.45) is -4.91. The molecule has 1 aliphatic rings. The summed E-state index contributed by atoms with van der Waals surface area (Å²) in [6.45, 7) is 10.3. The van der Waals surface area contributed by atoms with Crippen LogP contribution in [0.1, 0.15) is 41.0 Å². The third-order valence-corrected chi connectivity index (χ3v) is 3.18. The Balaban J connectivity index is 2.80. The summed E-state index contributed by atoms with van der Waals surface area (Å²) in [7, 11) is 0. The molecule has 1 fully saturated rings. The molecular weight excluding hydrogens is 219 g/mol. The monoisotopic (exact) mass is 239 g/mol. The van der Waals surface area contributed by atoms with Crippen LogP contribution in [0.4, 0.5) is 13.2 Å². The maximum absolute atomic E-state index is 12.2. The molecule has 0 N–H and O–H groups in total. The van der Waals surface area contributed by atoms with E-state index in [2.05, 4.69) is 9.64 Å². The van der Waals surface area contributed by atoms with E-state index in [9.17, 15) is 13.2 Å². The molecule has 1 aliphatic heterocycles. The van der Waals surface area contributed by atoms with Crippen molar-refractivity contribution in [3.8, 4) is 0 Å². The third-order valence-electron chi connectivity index (χ3n) is 3.18. The van der Waals surface area contributed by atoms with Gasteiger partial charge in [0.15, 0.2) is 0 Å². The molecular formula is C11H20F3NO. The Labute approximate surface area is 94.8 Å². The first kappa shape index (κ1) is 13.8. The number of likely N-dealkylation sites (tertiary alicyclic amines) is 1. The summed E-state index contributed by atoms with van der Waals surface area (Å²) in [5, 5.41) is 0. The maximum atomic E-state index is 12.2. The summed E-state index contributed by atoms with van der Waals surface area (Å²) in [5.74, 6) is 0. The largest absolute Gasteiger partial charge is 0.522 e. The van der Waals surface area contributed by atoms with Crippen LogP contribution in [-0.4, -0.2) is 35.0 Å². The highest BCUT2D eigenvalue weighted by atomic mass is 19.4. The van der Waals surface area contributed by atoms with Crippen LogP contribution < -0.4 is 0 Å². The average molecular weight is 239 g/mol. The van der Waals surface area contributed by atoms with Crippen molar-refractivity contribution in [3.05, 3.63) is 0 Å². The van der Waals surface area contributed by atoms with Crippen LogP contribution in [0.25, 0.3) is 0 Å². The lowest BCUT2D eigenvalue weighted by Gasteiger charge is -2.44. The van der Waals surface area contributed by atoms with Gasteiger partial charge in [0.25, 0.3) is 0 Å². The summed E-state index contributed by atoms with van der Waals surface area (Å²) >= 11 is 0. The Kier molecular flexibility index (Phi) is 3.34. The summed E-state index contributed by atoms with van der Waals surface area (Å²) < 4.78 is 40.9. The van der Waals surface area contributed by atoms with E-state index in [0.29, 0.717) is 13.0 Å². The molecule has 2 nitrogen and oxygen atoms in total. The zero-order chi connectivity index (χ0) is 12.8. The molecule has 96 valence electrons. The Bertz CT molecular complexity index is 255. The molecule has 0 aromatic rings. The van der Waals surface area contributed by atoms with Crippen LogP contribution in [0.15, 0.2) is 0 Å². The first-order chi connectivity index (χ1) is 6.94. The zero-order valence-corrected chi connectivity index (χ0v) is 10.5. The van der Waals surface area contributed by atoms with Gasteiger partial charge in [-0.3, -0.25) is 9.64 Å². The molecule has 0 spiro atoms. The van der Waals surface area contributed by atoms with E-state index in [0.717, 1.165) is 0 Å². The van der Waals surface area contributed by atoms with Crippen LogP contribution in [0, 0.1) is 0 Å². The van der Waals surface area contributed by atoms with Gasteiger partial charge in [-0.05, 0) is 41.0 Å². The summed E-state index contributed by atoms with van der Waals surface area (Å²) in [4.78, 5) is 2.07. The Hall–Kier alpha value is -0.290. The standard InChI is InChI=1S/C11H20F3NO/c1-9(2,3)15-7-6-8(10(15,4)5)16-11(12,13)14/h8H,6-7H2,1-5H3. The van der Waals surface area contributed by atoms with E-state index in [1.807, 2.05) is 34.6 Å². The molecule has 5 heteroatoms. The quantitative estimate of drug-likeness (QED) is 0.697. The predicted molar refractivity (Wildman–Crippen MR) is 56.1 cm³/mol. The number of ether oxygens (including phenoxy) is 1. The highest BCUT2D eigenvalue weighted by molar-refractivity contribution is 5.01. The van der Waals surface area contributed by atoms with Crippen LogP contribution >= 0.6 is 0 Å². The van der Waals surface area contributed by atoms with E-state index < -0.39 is 18.0 Å². The fourth-order valence-electron chi connectivity index (χ4n) is 2.63. The number of alkyl halides is 3. The topological polar surface area (TPSA) is 12.5 Å². The minimum Gasteiger partial charge on any atom is -0.291 e. The van der Waals surface area contributed by atoms with Gasteiger partial charge in [-0.2, -0.15) is 0 Å². The second-order valence-electron chi connectivity index (χ2n) is 5.82. The average Bonchev–Trinajstić information content (AvgIpc) is 2.22. The second kappa shape index (κ2) is 3.88. The first-order valence-corrected chi connectivity index (χ1v) is 5.47. The number of hydrogen-bond acceptors (Lipinski definition) is 2. The van der Waals surface area contributed by atoms with Crippen molar-refractivity contribution in [2.24, 2.45) is 0 Å². The van der Waals surface area contributed by atoms with Crippen molar-refractivity contribution >= 4 is 0 Å². The molecule has 0 saturated carbocycles. The fourth-order valence-corrected chi connectivity index (χ4v) is 2.63. The molecule has 0 aromatic heterocycles. The van der Waals surface area contributed by atoms with Crippen LogP contribution in [0.5, 0.6) is 0 Å². The van der Waals surface area contributed by atoms with Crippen LogP contribution in [-0.2, 0) is 4.74 Å². The highest BCUT2D eigenvalue weighted by Crippen LogP contribution is 2.39. The minimum atomic E-state index is -4.55. The Morgan fingerprint density at radius 1 is 1.19 bits per heavy atom. The molecule has 1 rings (SSSR count). The number of rotatable bonds is 1. The van der Waals surface area contributed by atoms with Crippen molar-refractivity contribution in [1.29, 1.82) is 0 Å². The number of hydrogen-bond donors (Lipinski definition) is 0. The Morgan fingerprint density at radius 2 is 1.69 bits per heavy atom. The maximum Gasteiger partial charge on any atom is 0.522 e. The van der Waals surface area contributed by atoms with Crippen molar-refractivity contribution in [1.82, 2.24) is 4.90 Å². The molecule has 1 saturated heterocycles. The van der Waals surface area contributed by atoms with Gasteiger partial charge in [0.2, 0.25) is 0 Å². The van der Waals surface area contributed by atoms with Crippen LogP contribution in [0.3, 0.4) is 0 Å². The fraction of sp³-hybridized carbons (Fsp3) is 1.00. The minimum absolute atomic E-state index is 0.146. The van der Waals surface area contributed by atoms with E-state index in [-0.39, 0.29) is 5.54 Å². The van der Waals surface area contributed by atoms with Gasteiger partial charge in [-0.1, -0.05) is 0 Å². The van der Waals surface area contributed by atoms with Gasteiger partial charge >= 0.3 is 6.36 Å². The molecule has 0 radical (unpaired) electrons. The predicted octanol–water partition coefficient (Wildman–Crippen LogP) is 3.17. The molecule has 0 aromatic carbocycles. The molecule has 1 unspecified atom stereocenters. The third kappa shape index (κ3) is 2.88. The van der Waals surface area contributed by atoms with Crippen molar-refractivity contribution in [2.45, 2.75) is 64.6 Å². The molecule has 16 heavy (non-hydrogen) atoms. The lowest BCUT2D eigenvalue weighted by Crippen LogP contribution is -2.54. The van der Waals surface area contributed by atoms with Crippen LogP contribution in [0.2, 0.25) is 0 Å². The van der Waals surface area contributed by atoms with Gasteiger partial charge in [-0.25, -0.2) is 0 Å². The lowest BCUT2D eigenvalue weighted by molar-refractivity contribution is -0.349. The molecule has 0 aliphatic carbocycles. The van der Waals surface area contributed by atoms with Gasteiger partial charge < -0.3 is 0 Å². The molecule has 0 amide bonds. The van der Waals surface area contributed by atoms with Crippen molar-refractivity contribution in [3.63, 3.8) is 0 Å². The normalized spacial score (nSPS) is 27.4. The van der Waals surface area contributed by atoms with Crippen molar-refractivity contribution < 1.29 is 17.9 Å². The highest BCUT2D eigenvalue weighted by Gasteiger charge is 2.50. The van der Waals surface area contributed by atoms with Gasteiger partial charge in [0, 0.05) is 17.6 Å². The smallest absolute Gasteiger partial charge is 0.291 e. The second-order valence-corrected chi connectivity index (χ2v) is 5.82. The van der Waals surface area contributed by atoms with Crippen molar-refractivity contribution in [2.75, 3.05) is 6.54 Å². The Morgan fingerprint density at radius 3 is 2.00 bits per heavy atom. The van der Waals surface area contributed by atoms with E-state index in [1.165, 1.54) is 0 Å². The van der Waals surface area contributed by atoms with E-state index in [1.54, 1.807) is 0 Å². The van der Waals surface area contributed by atoms with Gasteiger partial charge in [-0.15, -0.1) is 13.2 Å². The van der Waals surface area contributed by atoms with Gasteiger partial charge in [0.1, 0.15) is 0 Å². The summed E-state index contributed by atoms with van der Waals surface area (Å²) in [6, 6.07) is 0. The molecule has 1 atom stereocenters. The number of halogens is 3. The number of nitrogens with zero attached hydrogens (tertiary/aromatic N) is 1. The first-order valence-electron chi connectivity index (χ1n) is 5.47.